The summed E-state index contributed by atoms with van der Waals surface area (Å²) in [5.41, 5.74) is -0.156. The Morgan fingerprint density at radius 2 is 1.94 bits per heavy atom. The third-order valence-corrected chi connectivity index (χ3v) is 3.29. The zero-order valence-electron chi connectivity index (χ0n) is 12.1. The summed E-state index contributed by atoms with van der Waals surface area (Å²) in [6, 6.07) is -0.167. The van der Waals surface area contributed by atoms with Gasteiger partial charge in [-0.25, -0.2) is 0 Å². The topological polar surface area (TPSA) is 52.6 Å². The van der Waals surface area contributed by atoms with Crippen LogP contribution in [-0.4, -0.2) is 47.2 Å². The molecule has 0 radical (unpaired) electrons. The highest BCUT2D eigenvalue weighted by Gasteiger charge is 2.24. The number of likely N-dealkylation sites (N-methyl/N-ethyl adjacent to an activating group) is 1. The van der Waals surface area contributed by atoms with E-state index in [-0.39, 0.29) is 23.6 Å². The van der Waals surface area contributed by atoms with Crippen LogP contribution in [0.15, 0.2) is 0 Å². The third-order valence-electron chi connectivity index (χ3n) is 3.29. The van der Waals surface area contributed by atoms with Crippen molar-refractivity contribution in [2.75, 3.05) is 13.6 Å². The number of carbonyl (C=O) groups is 1. The Kier molecular flexibility index (Phi) is 6.72. The summed E-state index contributed by atoms with van der Waals surface area (Å²) in [6.07, 6.45) is 1.27. The molecule has 0 aliphatic rings. The molecule has 0 fully saturated rings. The predicted molar refractivity (Wildman–Crippen MR) is 70.9 cm³/mol. The first-order valence-corrected chi connectivity index (χ1v) is 6.40. The fourth-order valence-corrected chi connectivity index (χ4v) is 1.31. The zero-order valence-corrected chi connectivity index (χ0v) is 12.1. The van der Waals surface area contributed by atoms with E-state index in [2.05, 4.69) is 12.2 Å². The van der Waals surface area contributed by atoms with Crippen LogP contribution < -0.4 is 5.32 Å². The molecule has 2 N–H and O–H groups in total. The molecule has 0 spiro atoms. The van der Waals surface area contributed by atoms with Gasteiger partial charge in [-0.05, 0) is 47.6 Å². The van der Waals surface area contributed by atoms with Gasteiger partial charge in [-0.15, -0.1) is 0 Å². The van der Waals surface area contributed by atoms with Gasteiger partial charge in [0, 0.05) is 12.1 Å². The van der Waals surface area contributed by atoms with E-state index in [1.54, 1.807) is 6.92 Å². The molecule has 0 rings (SSSR count). The molecule has 2 atom stereocenters. The number of amides is 1. The number of aliphatic hydroxyl groups is 1. The minimum absolute atomic E-state index is 0.0462. The van der Waals surface area contributed by atoms with Gasteiger partial charge in [-0.2, -0.15) is 0 Å². The van der Waals surface area contributed by atoms with Crippen molar-refractivity contribution in [3.05, 3.63) is 0 Å². The van der Waals surface area contributed by atoms with E-state index in [1.165, 1.54) is 0 Å². The highest BCUT2D eigenvalue weighted by atomic mass is 16.3. The van der Waals surface area contributed by atoms with Crippen molar-refractivity contribution in [2.45, 2.75) is 65.1 Å². The van der Waals surface area contributed by atoms with Gasteiger partial charge in [0.2, 0.25) is 5.91 Å². The number of rotatable bonds is 7. The first kappa shape index (κ1) is 16.4. The van der Waals surface area contributed by atoms with Gasteiger partial charge in [-0.1, -0.05) is 6.92 Å². The monoisotopic (exact) mass is 244 g/mol. The fourth-order valence-electron chi connectivity index (χ4n) is 1.31. The van der Waals surface area contributed by atoms with Crippen molar-refractivity contribution in [2.24, 2.45) is 0 Å². The first-order chi connectivity index (χ1) is 7.69. The largest absolute Gasteiger partial charge is 0.393 e. The lowest BCUT2D eigenvalue weighted by molar-refractivity contribution is -0.127. The lowest BCUT2D eigenvalue weighted by Crippen LogP contribution is -2.51. The van der Waals surface area contributed by atoms with E-state index < -0.39 is 0 Å². The Hall–Kier alpha value is -0.610. The number of hydrogen-bond acceptors (Lipinski definition) is 3. The number of carbonyl (C=O) groups excluding carboxylic acids is 1. The molecule has 0 aromatic carbocycles. The molecule has 1 amide bonds. The van der Waals surface area contributed by atoms with Crippen LogP contribution in [0.2, 0.25) is 0 Å². The Labute approximate surface area is 105 Å². The molecule has 0 heterocycles. The van der Waals surface area contributed by atoms with Crippen molar-refractivity contribution < 1.29 is 9.90 Å². The molecule has 17 heavy (non-hydrogen) atoms. The van der Waals surface area contributed by atoms with E-state index in [0.717, 1.165) is 13.0 Å². The third kappa shape index (κ3) is 6.64. The summed E-state index contributed by atoms with van der Waals surface area (Å²) in [7, 11) is 1.91. The average molecular weight is 244 g/mol. The summed E-state index contributed by atoms with van der Waals surface area (Å²) in [5, 5.41) is 12.3. The van der Waals surface area contributed by atoms with Crippen LogP contribution in [0.1, 0.15) is 47.5 Å². The summed E-state index contributed by atoms with van der Waals surface area (Å²) < 4.78 is 0. The number of hydrogen-bond donors (Lipinski definition) is 2. The van der Waals surface area contributed by atoms with Crippen LogP contribution >= 0.6 is 0 Å². The predicted octanol–water partition coefficient (Wildman–Crippen LogP) is 1.38. The van der Waals surface area contributed by atoms with Gasteiger partial charge in [-0.3, -0.25) is 9.69 Å². The van der Waals surface area contributed by atoms with Gasteiger partial charge in [0.25, 0.3) is 0 Å². The van der Waals surface area contributed by atoms with Gasteiger partial charge in [0.1, 0.15) is 0 Å². The van der Waals surface area contributed by atoms with E-state index in [9.17, 15) is 9.90 Å². The molecule has 102 valence electrons. The normalized spacial score (nSPS) is 15.8. The molecule has 0 aromatic heterocycles. The van der Waals surface area contributed by atoms with Crippen molar-refractivity contribution >= 4 is 5.91 Å². The van der Waals surface area contributed by atoms with Crippen molar-refractivity contribution in [1.29, 1.82) is 0 Å². The minimum atomic E-state index is -0.320. The quantitative estimate of drug-likeness (QED) is 0.711. The van der Waals surface area contributed by atoms with Gasteiger partial charge < -0.3 is 10.4 Å². The molecule has 0 aliphatic carbocycles. The van der Waals surface area contributed by atoms with Gasteiger partial charge in [0.05, 0.1) is 12.1 Å². The van der Waals surface area contributed by atoms with E-state index >= 15 is 0 Å². The molecule has 0 saturated heterocycles. The number of aliphatic hydroxyl groups excluding tert-OH is 1. The molecule has 4 heteroatoms. The Bertz CT molecular complexity index is 240. The lowest BCUT2D eigenvalue weighted by atomic mass is 10.0. The summed E-state index contributed by atoms with van der Waals surface area (Å²) >= 11 is 0. The molecule has 0 aromatic rings. The van der Waals surface area contributed by atoms with Crippen molar-refractivity contribution in [3.8, 4) is 0 Å². The zero-order chi connectivity index (χ0) is 13.6. The smallest absolute Gasteiger partial charge is 0.237 e. The van der Waals surface area contributed by atoms with E-state index in [1.807, 2.05) is 32.7 Å². The second-order valence-corrected chi connectivity index (χ2v) is 5.52. The average Bonchev–Trinajstić information content (AvgIpc) is 2.24. The lowest BCUT2D eigenvalue weighted by Gasteiger charge is -2.30. The first-order valence-electron chi connectivity index (χ1n) is 6.40. The van der Waals surface area contributed by atoms with Gasteiger partial charge in [0.15, 0.2) is 0 Å². The maximum atomic E-state index is 12.0. The molecule has 2 unspecified atom stereocenters. The van der Waals surface area contributed by atoms with E-state index in [0.29, 0.717) is 6.42 Å². The van der Waals surface area contributed by atoms with Crippen LogP contribution in [0.25, 0.3) is 0 Å². The maximum absolute atomic E-state index is 12.0. The Morgan fingerprint density at radius 1 is 1.41 bits per heavy atom. The SMILES string of the molecule is CCC(C)(C)NC(=O)C(C)N(C)CCC(C)O. The summed E-state index contributed by atoms with van der Waals surface area (Å²) in [4.78, 5) is 14.0. The number of nitrogens with one attached hydrogen (secondary N) is 1. The molecular weight excluding hydrogens is 216 g/mol. The van der Waals surface area contributed by atoms with Crippen LogP contribution in [0, 0.1) is 0 Å². The summed E-state index contributed by atoms with van der Waals surface area (Å²) in [5.74, 6) is 0.0462. The second kappa shape index (κ2) is 6.97. The fraction of sp³-hybridized carbons (Fsp3) is 0.923. The van der Waals surface area contributed by atoms with Crippen LogP contribution in [0.3, 0.4) is 0 Å². The van der Waals surface area contributed by atoms with Gasteiger partial charge >= 0.3 is 0 Å². The highest BCUT2D eigenvalue weighted by molar-refractivity contribution is 5.81. The molecule has 0 aliphatic heterocycles. The molecular formula is C13H28N2O2. The molecule has 0 bridgehead atoms. The Balaban J connectivity index is 4.20. The van der Waals surface area contributed by atoms with Crippen LogP contribution in [0.5, 0.6) is 0 Å². The second-order valence-electron chi connectivity index (χ2n) is 5.52. The highest BCUT2D eigenvalue weighted by Crippen LogP contribution is 2.08. The Morgan fingerprint density at radius 3 is 2.35 bits per heavy atom. The van der Waals surface area contributed by atoms with Crippen LogP contribution in [-0.2, 0) is 4.79 Å². The minimum Gasteiger partial charge on any atom is -0.393 e. The standard InChI is InChI=1S/C13H28N2O2/c1-7-13(4,5)14-12(17)11(3)15(6)9-8-10(2)16/h10-11,16H,7-9H2,1-6H3,(H,14,17). The van der Waals surface area contributed by atoms with Crippen LogP contribution in [0.4, 0.5) is 0 Å². The van der Waals surface area contributed by atoms with Crippen molar-refractivity contribution in [1.82, 2.24) is 10.2 Å². The maximum Gasteiger partial charge on any atom is 0.237 e. The van der Waals surface area contributed by atoms with E-state index in [4.69, 9.17) is 0 Å². The molecule has 4 nitrogen and oxygen atoms in total. The molecule has 0 saturated carbocycles. The summed E-state index contributed by atoms with van der Waals surface area (Å²) in [6.45, 7) is 10.5. The number of nitrogens with zero attached hydrogens (tertiary/aromatic N) is 1. The van der Waals surface area contributed by atoms with Crippen molar-refractivity contribution in [3.63, 3.8) is 0 Å².